The molecule has 0 amide bonds. The minimum absolute atomic E-state index is 0.793. The summed E-state index contributed by atoms with van der Waals surface area (Å²) in [7, 11) is 0. The Hall–Kier alpha value is -0.0800. The summed E-state index contributed by atoms with van der Waals surface area (Å²) in [4.78, 5) is 2.67. The van der Waals surface area contributed by atoms with E-state index in [1.165, 1.54) is 71.1 Å². The molecule has 1 atom stereocenters. The summed E-state index contributed by atoms with van der Waals surface area (Å²) in [5, 5.41) is 3.47. The van der Waals surface area contributed by atoms with Crippen molar-refractivity contribution in [1.29, 1.82) is 0 Å². The van der Waals surface area contributed by atoms with Crippen molar-refractivity contribution in [3.05, 3.63) is 0 Å². The van der Waals surface area contributed by atoms with Gasteiger partial charge >= 0.3 is 0 Å². The molecule has 96 valence electrons. The first-order valence-electron chi connectivity index (χ1n) is 7.29. The Balaban J connectivity index is 2.05. The molecule has 1 unspecified atom stereocenters. The van der Waals surface area contributed by atoms with E-state index >= 15 is 0 Å². The van der Waals surface area contributed by atoms with Gasteiger partial charge in [-0.15, -0.1) is 0 Å². The van der Waals surface area contributed by atoms with Crippen LogP contribution in [0.5, 0.6) is 0 Å². The summed E-state index contributed by atoms with van der Waals surface area (Å²) in [5.74, 6) is 0. The summed E-state index contributed by atoms with van der Waals surface area (Å²) in [6, 6.07) is 0.793. The van der Waals surface area contributed by atoms with E-state index < -0.39 is 0 Å². The van der Waals surface area contributed by atoms with E-state index in [1.807, 2.05) is 0 Å². The molecular formula is C14H30N2. The molecule has 1 aliphatic heterocycles. The second-order valence-corrected chi connectivity index (χ2v) is 5.19. The van der Waals surface area contributed by atoms with Gasteiger partial charge in [0.05, 0.1) is 0 Å². The first-order chi connectivity index (χ1) is 7.84. The van der Waals surface area contributed by atoms with Gasteiger partial charge in [0.2, 0.25) is 0 Å². The average molecular weight is 226 g/mol. The van der Waals surface area contributed by atoms with Crippen LogP contribution >= 0.6 is 0 Å². The molecule has 1 fully saturated rings. The van der Waals surface area contributed by atoms with Gasteiger partial charge in [-0.2, -0.15) is 0 Å². The van der Waals surface area contributed by atoms with Gasteiger partial charge in [-0.25, -0.2) is 0 Å². The van der Waals surface area contributed by atoms with Crippen LogP contribution in [0, 0.1) is 0 Å². The predicted octanol–water partition coefficient (Wildman–Crippen LogP) is 3.03. The lowest BCUT2D eigenvalue weighted by atomic mass is 10.1. The van der Waals surface area contributed by atoms with Gasteiger partial charge < -0.3 is 5.32 Å². The highest BCUT2D eigenvalue weighted by Crippen LogP contribution is 2.12. The molecule has 1 saturated heterocycles. The topological polar surface area (TPSA) is 15.3 Å². The van der Waals surface area contributed by atoms with Crippen molar-refractivity contribution in [2.24, 2.45) is 0 Å². The molecule has 16 heavy (non-hydrogen) atoms. The maximum absolute atomic E-state index is 3.47. The minimum Gasteiger partial charge on any atom is -0.315 e. The van der Waals surface area contributed by atoms with Gasteiger partial charge in [-0.05, 0) is 32.9 Å². The Bertz CT molecular complexity index is 151. The molecule has 2 heteroatoms. The quantitative estimate of drug-likeness (QED) is 0.671. The fourth-order valence-electron chi connectivity index (χ4n) is 2.53. The van der Waals surface area contributed by atoms with Crippen molar-refractivity contribution in [2.45, 2.75) is 64.8 Å². The zero-order valence-corrected chi connectivity index (χ0v) is 11.3. The first kappa shape index (κ1) is 14.0. The van der Waals surface area contributed by atoms with Gasteiger partial charge in [-0.3, -0.25) is 4.90 Å². The second-order valence-electron chi connectivity index (χ2n) is 5.19. The molecule has 1 rings (SSSR count). The van der Waals surface area contributed by atoms with E-state index in [9.17, 15) is 0 Å². The lowest BCUT2D eigenvalue weighted by molar-refractivity contribution is 0.209. The monoisotopic (exact) mass is 226 g/mol. The van der Waals surface area contributed by atoms with Crippen LogP contribution in [0.15, 0.2) is 0 Å². The fraction of sp³-hybridized carbons (Fsp3) is 1.00. The van der Waals surface area contributed by atoms with Crippen LogP contribution in [0.1, 0.15) is 58.8 Å². The zero-order chi connectivity index (χ0) is 11.6. The third kappa shape index (κ3) is 5.86. The van der Waals surface area contributed by atoms with Crippen LogP contribution in [-0.2, 0) is 0 Å². The van der Waals surface area contributed by atoms with E-state index in [0.29, 0.717) is 0 Å². The van der Waals surface area contributed by atoms with E-state index in [4.69, 9.17) is 0 Å². The highest BCUT2D eigenvalue weighted by molar-refractivity contribution is 4.71. The molecule has 2 nitrogen and oxygen atoms in total. The van der Waals surface area contributed by atoms with Crippen molar-refractivity contribution in [1.82, 2.24) is 10.2 Å². The van der Waals surface area contributed by atoms with E-state index in [0.717, 1.165) is 6.04 Å². The Morgan fingerprint density at radius 3 is 2.69 bits per heavy atom. The lowest BCUT2D eigenvalue weighted by Gasteiger charge is -2.27. The van der Waals surface area contributed by atoms with E-state index in [1.54, 1.807) is 0 Å². The summed E-state index contributed by atoms with van der Waals surface area (Å²) in [6.45, 7) is 9.62. The van der Waals surface area contributed by atoms with Crippen molar-refractivity contribution >= 4 is 0 Å². The lowest BCUT2D eigenvalue weighted by Crippen LogP contribution is -2.35. The third-order valence-electron chi connectivity index (χ3n) is 3.72. The zero-order valence-electron chi connectivity index (χ0n) is 11.3. The Morgan fingerprint density at radius 2 is 1.88 bits per heavy atom. The van der Waals surface area contributed by atoms with E-state index in [2.05, 4.69) is 24.1 Å². The van der Waals surface area contributed by atoms with Crippen molar-refractivity contribution in [3.8, 4) is 0 Å². The maximum atomic E-state index is 3.47. The predicted molar refractivity (Wildman–Crippen MR) is 71.9 cm³/mol. The highest BCUT2D eigenvalue weighted by Gasteiger charge is 2.14. The number of hydrogen-bond acceptors (Lipinski definition) is 2. The van der Waals surface area contributed by atoms with Crippen molar-refractivity contribution in [3.63, 3.8) is 0 Å². The fourth-order valence-corrected chi connectivity index (χ4v) is 2.53. The highest BCUT2D eigenvalue weighted by atomic mass is 15.2. The summed E-state index contributed by atoms with van der Waals surface area (Å²) >= 11 is 0. The molecule has 0 bridgehead atoms. The third-order valence-corrected chi connectivity index (χ3v) is 3.72. The van der Waals surface area contributed by atoms with Gasteiger partial charge in [0.15, 0.2) is 0 Å². The van der Waals surface area contributed by atoms with Crippen molar-refractivity contribution < 1.29 is 0 Å². The van der Waals surface area contributed by atoms with Crippen LogP contribution in [-0.4, -0.2) is 37.1 Å². The molecule has 0 aliphatic carbocycles. The van der Waals surface area contributed by atoms with Crippen LogP contribution in [0.2, 0.25) is 0 Å². The molecule has 0 aromatic rings. The smallest absolute Gasteiger partial charge is 0.0110 e. The molecule has 0 radical (unpaired) electrons. The second kappa shape index (κ2) is 9.00. The standard InChI is InChI=1S/C14H30N2/c1-3-4-5-6-7-9-14(2)16-12-8-10-15-11-13-16/h14-15H,3-13H2,1-2H3. The molecule has 1 N–H and O–H groups in total. The molecular weight excluding hydrogens is 196 g/mol. The molecule has 1 heterocycles. The van der Waals surface area contributed by atoms with Gasteiger partial charge in [0.25, 0.3) is 0 Å². The molecule has 0 saturated carbocycles. The number of rotatable bonds is 7. The van der Waals surface area contributed by atoms with Gasteiger partial charge in [-0.1, -0.05) is 39.0 Å². The van der Waals surface area contributed by atoms with E-state index in [-0.39, 0.29) is 0 Å². The summed E-state index contributed by atoms with van der Waals surface area (Å²) in [6.07, 6.45) is 9.78. The largest absolute Gasteiger partial charge is 0.315 e. The number of nitrogens with zero attached hydrogens (tertiary/aromatic N) is 1. The van der Waals surface area contributed by atoms with Gasteiger partial charge in [0, 0.05) is 19.1 Å². The summed E-state index contributed by atoms with van der Waals surface area (Å²) in [5.41, 5.74) is 0. The number of hydrogen-bond donors (Lipinski definition) is 1. The van der Waals surface area contributed by atoms with Crippen LogP contribution < -0.4 is 5.32 Å². The van der Waals surface area contributed by atoms with Crippen LogP contribution in [0.25, 0.3) is 0 Å². The Morgan fingerprint density at radius 1 is 1.06 bits per heavy atom. The molecule has 0 spiro atoms. The first-order valence-corrected chi connectivity index (χ1v) is 7.29. The molecule has 0 aromatic heterocycles. The minimum atomic E-state index is 0.793. The molecule has 1 aliphatic rings. The van der Waals surface area contributed by atoms with Crippen LogP contribution in [0.3, 0.4) is 0 Å². The Labute approximate surface area is 102 Å². The Kier molecular flexibility index (Phi) is 7.87. The molecule has 0 aromatic carbocycles. The SMILES string of the molecule is CCCCCCCC(C)N1CCCNCC1. The normalized spacial score (nSPS) is 20.6. The number of nitrogens with one attached hydrogen (secondary N) is 1. The van der Waals surface area contributed by atoms with Crippen molar-refractivity contribution in [2.75, 3.05) is 26.2 Å². The average Bonchev–Trinajstić information content (AvgIpc) is 2.57. The maximum Gasteiger partial charge on any atom is 0.0110 e. The number of unbranched alkanes of at least 4 members (excludes halogenated alkanes) is 4. The van der Waals surface area contributed by atoms with Crippen LogP contribution in [0.4, 0.5) is 0 Å². The summed E-state index contributed by atoms with van der Waals surface area (Å²) < 4.78 is 0. The van der Waals surface area contributed by atoms with Gasteiger partial charge in [0.1, 0.15) is 0 Å².